The third-order valence-electron chi connectivity index (χ3n) is 2.69. The van der Waals surface area contributed by atoms with Gasteiger partial charge in [-0.25, -0.2) is 15.0 Å². The Morgan fingerprint density at radius 3 is 2.80 bits per heavy atom. The molecular weight excluding hydrogens is 254 g/mol. The fourth-order valence-corrected chi connectivity index (χ4v) is 1.80. The quantitative estimate of drug-likeness (QED) is 0.748. The highest BCUT2D eigenvalue weighted by Crippen LogP contribution is 2.19. The topological polar surface area (TPSA) is 94.5 Å². The van der Waals surface area contributed by atoms with Crippen LogP contribution in [0.1, 0.15) is 0 Å². The normalized spacial score (nSPS) is 10.4. The average molecular weight is 267 g/mol. The first-order chi connectivity index (χ1) is 9.70. The van der Waals surface area contributed by atoms with Crippen molar-refractivity contribution in [3.63, 3.8) is 0 Å². The Kier molecular flexibility index (Phi) is 3.00. The summed E-state index contributed by atoms with van der Waals surface area (Å²) in [5.41, 5.74) is 8.19. The number of hydrogen-bond donors (Lipinski definition) is 2. The van der Waals surface area contributed by atoms with Gasteiger partial charge in [0, 0.05) is 31.2 Å². The summed E-state index contributed by atoms with van der Waals surface area (Å²) in [5, 5.41) is 7.18. The van der Waals surface area contributed by atoms with Gasteiger partial charge in [-0.3, -0.25) is 4.68 Å². The summed E-state index contributed by atoms with van der Waals surface area (Å²) in [7, 11) is 1.85. The Morgan fingerprint density at radius 2 is 2.05 bits per heavy atom. The lowest BCUT2D eigenvalue weighted by Gasteiger charge is -2.05. The van der Waals surface area contributed by atoms with E-state index in [-0.39, 0.29) is 0 Å². The number of nitrogen functional groups attached to an aromatic ring is 1. The summed E-state index contributed by atoms with van der Waals surface area (Å²) in [6, 6.07) is 5.45. The van der Waals surface area contributed by atoms with E-state index in [1.807, 2.05) is 25.4 Å². The fourth-order valence-electron chi connectivity index (χ4n) is 1.80. The van der Waals surface area contributed by atoms with Crippen molar-refractivity contribution in [2.24, 2.45) is 7.05 Å². The molecule has 0 amide bonds. The molecule has 0 bridgehead atoms. The van der Waals surface area contributed by atoms with Crippen LogP contribution in [0.25, 0.3) is 11.3 Å². The molecule has 0 aromatic carbocycles. The van der Waals surface area contributed by atoms with E-state index in [0.29, 0.717) is 11.8 Å². The number of aryl methyl sites for hydroxylation is 1. The lowest BCUT2D eigenvalue weighted by atomic mass is 10.2. The number of nitrogens with zero attached hydrogens (tertiary/aromatic N) is 5. The number of anilines is 3. The molecule has 3 heterocycles. The predicted molar refractivity (Wildman–Crippen MR) is 76.2 cm³/mol. The number of rotatable bonds is 3. The van der Waals surface area contributed by atoms with Gasteiger partial charge in [-0.2, -0.15) is 5.10 Å². The third kappa shape index (κ3) is 2.56. The van der Waals surface area contributed by atoms with Crippen LogP contribution in [-0.4, -0.2) is 24.7 Å². The maximum atomic E-state index is 5.68. The Morgan fingerprint density at radius 1 is 1.20 bits per heavy atom. The molecule has 3 aromatic rings. The van der Waals surface area contributed by atoms with E-state index in [2.05, 4.69) is 25.4 Å². The smallest absolute Gasteiger partial charge is 0.227 e. The Balaban J connectivity index is 1.89. The van der Waals surface area contributed by atoms with Gasteiger partial charge in [0.05, 0.1) is 17.6 Å². The van der Waals surface area contributed by atoms with Gasteiger partial charge in [-0.05, 0) is 18.2 Å². The van der Waals surface area contributed by atoms with Crippen molar-refractivity contribution in [3.05, 3.63) is 43.0 Å². The molecule has 3 N–H and O–H groups in total. The zero-order valence-electron chi connectivity index (χ0n) is 10.9. The molecule has 20 heavy (non-hydrogen) atoms. The molecule has 7 nitrogen and oxygen atoms in total. The number of hydrogen-bond acceptors (Lipinski definition) is 6. The highest BCUT2D eigenvalue weighted by molar-refractivity contribution is 5.63. The van der Waals surface area contributed by atoms with Crippen LogP contribution in [-0.2, 0) is 7.05 Å². The third-order valence-corrected chi connectivity index (χ3v) is 2.69. The number of nitrogens with two attached hydrogens (primary N) is 1. The fraction of sp³-hybridized carbons (Fsp3) is 0.0769. The maximum Gasteiger partial charge on any atom is 0.227 e. The lowest BCUT2D eigenvalue weighted by molar-refractivity contribution is 0.768. The molecule has 0 fully saturated rings. The Bertz CT molecular complexity index is 735. The van der Waals surface area contributed by atoms with Crippen molar-refractivity contribution in [1.82, 2.24) is 24.7 Å². The first kappa shape index (κ1) is 12.1. The zero-order chi connectivity index (χ0) is 13.9. The van der Waals surface area contributed by atoms with E-state index in [1.54, 1.807) is 29.3 Å². The molecule has 0 aliphatic carbocycles. The molecule has 3 rings (SSSR count). The van der Waals surface area contributed by atoms with Crippen molar-refractivity contribution in [2.45, 2.75) is 0 Å². The largest absolute Gasteiger partial charge is 0.384 e. The summed E-state index contributed by atoms with van der Waals surface area (Å²) in [6.07, 6.45) is 6.90. The highest BCUT2D eigenvalue weighted by Gasteiger charge is 2.04. The standard InChI is InChI=1S/C13H13N7/c1-20-8-10(7-17-20)18-13-16-5-3-11(19-13)9-2-4-15-12(14)6-9/h2-8H,1H3,(H2,14,15)(H,16,18,19). The van der Waals surface area contributed by atoms with Gasteiger partial charge in [-0.1, -0.05) is 0 Å². The lowest BCUT2D eigenvalue weighted by Crippen LogP contribution is -1.97. The second-order valence-electron chi connectivity index (χ2n) is 4.26. The van der Waals surface area contributed by atoms with Gasteiger partial charge in [0.2, 0.25) is 5.95 Å². The second-order valence-corrected chi connectivity index (χ2v) is 4.26. The molecule has 100 valence electrons. The summed E-state index contributed by atoms with van der Waals surface area (Å²) in [6.45, 7) is 0. The van der Waals surface area contributed by atoms with Crippen molar-refractivity contribution < 1.29 is 0 Å². The summed E-state index contributed by atoms with van der Waals surface area (Å²) < 4.78 is 1.70. The minimum Gasteiger partial charge on any atom is -0.384 e. The SMILES string of the molecule is Cn1cc(Nc2nccc(-c3ccnc(N)c3)n2)cn1. The van der Waals surface area contributed by atoms with Crippen LogP contribution in [0.15, 0.2) is 43.0 Å². The van der Waals surface area contributed by atoms with E-state index in [9.17, 15) is 0 Å². The predicted octanol–water partition coefficient (Wildman–Crippen LogP) is 1.60. The van der Waals surface area contributed by atoms with Gasteiger partial charge in [0.15, 0.2) is 0 Å². The van der Waals surface area contributed by atoms with E-state index in [1.165, 1.54) is 0 Å². The molecule has 0 saturated heterocycles. The van der Waals surface area contributed by atoms with Crippen molar-refractivity contribution in [2.75, 3.05) is 11.1 Å². The van der Waals surface area contributed by atoms with Crippen LogP contribution in [0.4, 0.5) is 17.5 Å². The van der Waals surface area contributed by atoms with Gasteiger partial charge < -0.3 is 11.1 Å². The van der Waals surface area contributed by atoms with Crippen LogP contribution in [0.2, 0.25) is 0 Å². The minimum atomic E-state index is 0.461. The molecule has 0 saturated carbocycles. The first-order valence-electron chi connectivity index (χ1n) is 6.01. The second kappa shape index (κ2) is 4.96. The van der Waals surface area contributed by atoms with Crippen LogP contribution < -0.4 is 11.1 Å². The van der Waals surface area contributed by atoms with E-state index in [0.717, 1.165) is 16.9 Å². The van der Waals surface area contributed by atoms with E-state index >= 15 is 0 Å². The molecule has 0 atom stereocenters. The minimum absolute atomic E-state index is 0.461. The summed E-state index contributed by atoms with van der Waals surface area (Å²) in [5.74, 6) is 0.966. The van der Waals surface area contributed by atoms with Crippen molar-refractivity contribution in [3.8, 4) is 11.3 Å². The van der Waals surface area contributed by atoms with Crippen molar-refractivity contribution in [1.29, 1.82) is 0 Å². The molecule has 0 spiro atoms. The van der Waals surface area contributed by atoms with Gasteiger partial charge >= 0.3 is 0 Å². The van der Waals surface area contributed by atoms with Gasteiger partial charge in [-0.15, -0.1) is 0 Å². The molecular formula is C13H13N7. The van der Waals surface area contributed by atoms with Gasteiger partial charge in [0.1, 0.15) is 5.82 Å². The monoisotopic (exact) mass is 267 g/mol. The number of aromatic nitrogens is 5. The van der Waals surface area contributed by atoms with E-state index in [4.69, 9.17) is 5.73 Å². The molecule has 0 aliphatic heterocycles. The Hall–Kier alpha value is -2.96. The summed E-state index contributed by atoms with van der Waals surface area (Å²) in [4.78, 5) is 12.6. The average Bonchev–Trinajstić information content (AvgIpc) is 2.84. The van der Waals surface area contributed by atoms with Crippen LogP contribution >= 0.6 is 0 Å². The number of pyridine rings is 1. The van der Waals surface area contributed by atoms with Crippen LogP contribution in [0, 0.1) is 0 Å². The molecule has 3 aromatic heterocycles. The number of nitrogens with one attached hydrogen (secondary N) is 1. The van der Waals surface area contributed by atoms with E-state index < -0.39 is 0 Å². The zero-order valence-corrected chi connectivity index (χ0v) is 10.9. The van der Waals surface area contributed by atoms with Crippen molar-refractivity contribution >= 4 is 17.5 Å². The van der Waals surface area contributed by atoms with Crippen LogP contribution in [0.5, 0.6) is 0 Å². The molecule has 7 heteroatoms. The highest BCUT2D eigenvalue weighted by atomic mass is 15.3. The molecule has 0 aliphatic rings. The van der Waals surface area contributed by atoms with Gasteiger partial charge in [0.25, 0.3) is 0 Å². The summed E-state index contributed by atoms with van der Waals surface area (Å²) >= 11 is 0. The Labute approximate surface area is 115 Å². The van der Waals surface area contributed by atoms with Crippen LogP contribution in [0.3, 0.4) is 0 Å². The first-order valence-corrected chi connectivity index (χ1v) is 6.01. The molecule has 0 radical (unpaired) electrons. The molecule has 0 unspecified atom stereocenters. The maximum absolute atomic E-state index is 5.68.